The molecule has 0 radical (unpaired) electrons. The van der Waals surface area contributed by atoms with Crippen LogP contribution in [0.15, 0.2) is 0 Å². The second-order valence-corrected chi connectivity index (χ2v) is 6.80. The van der Waals surface area contributed by atoms with Gasteiger partial charge in [-0.05, 0) is 31.2 Å². The van der Waals surface area contributed by atoms with Gasteiger partial charge >= 0.3 is 5.97 Å². The van der Waals surface area contributed by atoms with E-state index in [2.05, 4.69) is 18.7 Å². The summed E-state index contributed by atoms with van der Waals surface area (Å²) in [6, 6.07) is 0. The van der Waals surface area contributed by atoms with Crippen LogP contribution in [-0.2, 0) is 9.53 Å². The van der Waals surface area contributed by atoms with Gasteiger partial charge in [0.2, 0.25) is 0 Å². The van der Waals surface area contributed by atoms with Crippen LogP contribution >= 0.6 is 11.6 Å². The van der Waals surface area contributed by atoms with E-state index in [-0.39, 0.29) is 24.1 Å². The van der Waals surface area contributed by atoms with Crippen molar-refractivity contribution in [1.82, 2.24) is 4.90 Å². The summed E-state index contributed by atoms with van der Waals surface area (Å²) in [5.41, 5.74) is 0. The van der Waals surface area contributed by atoms with E-state index in [1.165, 1.54) is 0 Å². The number of hydrogen-bond donors (Lipinski definition) is 1. The van der Waals surface area contributed by atoms with Crippen LogP contribution in [0.5, 0.6) is 0 Å². The predicted molar refractivity (Wildman–Crippen MR) is 78.7 cm³/mol. The summed E-state index contributed by atoms with van der Waals surface area (Å²) in [5.74, 6) is 1.02. The monoisotopic (exact) mass is 303 g/mol. The van der Waals surface area contributed by atoms with Gasteiger partial charge in [0, 0.05) is 30.8 Å². The van der Waals surface area contributed by atoms with E-state index in [4.69, 9.17) is 21.4 Å². The van der Waals surface area contributed by atoms with Crippen molar-refractivity contribution in [2.45, 2.75) is 44.6 Å². The number of aliphatic hydroxyl groups is 1. The average molecular weight is 304 g/mol. The molecular formula is C15H26ClNO3. The first kappa shape index (κ1) is 16.1. The zero-order valence-corrected chi connectivity index (χ0v) is 13.2. The molecule has 0 spiro atoms. The van der Waals surface area contributed by atoms with Crippen molar-refractivity contribution in [3.05, 3.63) is 0 Å². The number of halogens is 1. The zero-order chi connectivity index (χ0) is 14.7. The van der Waals surface area contributed by atoms with Crippen molar-refractivity contribution in [1.29, 1.82) is 0 Å². The number of aliphatic hydroxyl groups excluding tert-OH is 1. The van der Waals surface area contributed by atoms with Crippen LogP contribution < -0.4 is 0 Å². The normalized spacial score (nSPS) is 37.6. The Morgan fingerprint density at radius 1 is 1.45 bits per heavy atom. The number of carbonyl (C=O) groups excluding carboxylic acids is 1. The van der Waals surface area contributed by atoms with E-state index in [1.54, 1.807) is 0 Å². The Hall–Kier alpha value is -0.320. The number of alkyl halides is 1. The fourth-order valence-electron chi connectivity index (χ4n) is 3.60. The Balaban J connectivity index is 2.04. The molecule has 2 aliphatic rings. The van der Waals surface area contributed by atoms with E-state index < -0.39 is 0 Å². The largest absolute Gasteiger partial charge is 0.462 e. The maximum atomic E-state index is 11.8. The van der Waals surface area contributed by atoms with Crippen molar-refractivity contribution in [3.8, 4) is 0 Å². The Bertz CT molecular complexity index is 339. The third-order valence-corrected chi connectivity index (χ3v) is 5.48. The predicted octanol–water partition coefficient (Wildman–Crippen LogP) is 1.89. The van der Waals surface area contributed by atoms with Gasteiger partial charge in [-0.25, -0.2) is 0 Å². The fourth-order valence-corrected chi connectivity index (χ4v) is 3.91. The molecule has 1 heterocycles. The van der Waals surface area contributed by atoms with Crippen LogP contribution in [0.1, 0.15) is 33.1 Å². The molecule has 5 unspecified atom stereocenters. The first-order valence-electron chi connectivity index (χ1n) is 7.71. The van der Waals surface area contributed by atoms with Crippen LogP contribution in [-0.4, -0.2) is 53.7 Å². The summed E-state index contributed by atoms with van der Waals surface area (Å²) in [5, 5.41) is 9.29. The molecular weight excluding hydrogens is 278 g/mol. The van der Waals surface area contributed by atoms with Crippen molar-refractivity contribution in [2.75, 3.05) is 26.2 Å². The molecule has 1 aliphatic carbocycles. The number of fused-ring (bicyclic) bond motifs is 1. The molecule has 5 heteroatoms. The fraction of sp³-hybridized carbons (Fsp3) is 0.933. The molecule has 1 saturated heterocycles. The van der Waals surface area contributed by atoms with Crippen LogP contribution in [0.2, 0.25) is 0 Å². The van der Waals surface area contributed by atoms with Gasteiger partial charge in [-0.1, -0.05) is 13.8 Å². The summed E-state index contributed by atoms with van der Waals surface area (Å²) in [6.45, 7) is 6.79. The number of nitrogens with zero attached hydrogens (tertiary/aromatic N) is 1. The lowest BCUT2D eigenvalue weighted by Gasteiger charge is -2.45. The lowest BCUT2D eigenvalue weighted by atomic mass is 9.71. The molecule has 20 heavy (non-hydrogen) atoms. The maximum Gasteiger partial charge on any atom is 0.306 e. The van der Waals surface area contributed by atoms with Gasteiger partial charge in [0.1, 0.15) is 6.10 Å². The number of carbonyl (C=O) groups is 1. The molecule has 0 bridgehead atoms. The first-order chi connectivity index (χ1) is 9.55. The number of hydrogen-bond acceptors (Lipinski definition) is 4. The molecule has 2 rings (SSSR count). The molecule has 1 N–H and O–H groups in total. The molecule has 0 aromatic heterocycles. The molecule has 116 valence electrons. The smallest absolute Gasteiger partial charge is 0.306 e. The van der Waals surface area contributed by atoms with Crippen LogP contribution in [0.3, 0.4) is 0 Å². The van der Waals surface area contributed by atoms with Crippen molar-refractivity contribution in [2.24, 2.45) is 17.8 Å². The average Bonchev–Trinajstić information content (AvgIpc) is 2.40. The molecule has 5 atom stereocenters. The summed E-state index contributed by atoms with van der Waals surface area (Å²) in [4.78, 5) is 14.0. The van der Waals surface area contributed by atoms with E-state index >= 15 is 0 Å². The highest BCUT2D eigenvalue weighted by Crippen LogP contribution is 2.42. The quantitative estimate of drug-likeness (QED) is 0.622. The maximum absolute atomic E-state index is 11.8. The highest BCUT2D eigenvalue weighted by molar-refractivity contribution is 6.20. The van der Waals surface area contributed by atoms with Gasteiger partial charge in [0.15, 0.2) is 0 Å². The number of esters is 1. The van der Waals surface area contributed by atoms with Gasteiger partial charge in [-0.15, -0.1) is 11.6 Å². The Kier molecular flexibility index (Phi) is 5.70. The molecule has 4 nitrogen and oxygen atoms in total. The second kappa shape index (κ2) is 7.10. The number of rotatable bonds is 5. The van der Waals surface area contributed by atoms with E-state index in [9.17, 15) is 4.79 Å². The Morgan fingerprint density at radius 2 is 2.20 bits per heavy atom. The highest BCUT2D eigenvalue weighted by Gasteiger charge is 2.44. The minimum absolute atomic E-state index is 0.0408. The highest BCUT2D eigenvalue weighted by atomic mass is 35.5. The van der Waals surface area contributed by atoms with Gasteiger partial charge in [0.05, 0.1) is 6.61 Å². The van der Waals surface area contributed by atoms with Gasteiger partial charge in [-0.2, -0.15) is 0 Å². The minimum Gasteiger partial charge on any atom is -0.462 e. The van der Waals surface area contributed by atoms with Gasteiger partial charge in [0.25, 0.3) is 0 Å². The van der Waals surface area contributed by atoms with Crippen molar-refractivity contribution in [3.63, 3.8) is 0 Å². The summed E-state index contributed by atoms with van der Waals surface area (Å²) in [7, 11) is 0. The topological polar surface area (TPSA) is 49.8 Å². The zero-order valence-electron chi connectivity index (χ0n) is 12.4. The van der Waals surface area contributed by atoms with Crippen LogP contribution in [0.25, 0.3) is 0 Å². The third kappa shape index (κ3) is 3.66. The minimum atomic E-state index is -0.0727. The standard InChI is InChI=1S/C15H26ClNO3/c1-3-17(4-5-18)9-11-7-15(19)20-14-6-10(2)13(16)8-12(11)14/h10-14,18H,3-9H2,1-2H3. The molecule has 0 amide bonds. The molecule has 0 aromatic rings. The lowest BCUT2D eigenvalue weighted by Crippen LogP contribution is -2.49. The Labute approximate surface area is 126 Å². The third-order valence-electron chi connectivity index (χ3n) is 4.87. The van der Waals surface area contributed by atoms with Crippen molar-refractivity contribution < 1.29 is 14.6 Å². The summed E-state index contributed by atoms with van der Waals surface area (Å²) < 4.78 is 5.55. The van der Waals surface area contributed by atoms with E-state index in [1.807, 2.05) is 0 Å². The van der Waals surface area contributed by atoms with Gasteiger partial charge < -0.3 is 14.7 Å². The first-order valence-corrected chi connectivity index (χ1v) is 8.15. The van der Waals surface area contributed by atoms with E-state index in [0.717, 1.165) is 25.9 Å². The Morgan fingerprint density at radius 3 is 2.85 bits per heavy atom. The van der Waals surface area contributed by atoms with Crippen molar-refractivity contribution >= 4 is 17.6 Å². The van der Waals surface area contributed by atoms with Crippen LogP contribution in [0.4, 0.5) is 0 Å². The molecule has 1 saturated carbocycles. The lowest BCUT2D eigenvalue weighted by molar-refractivity contribution is -0.168. The second-order valence-electron chi connectivity index (χ2n) is 6.24. The summed E-state index contributed by atoms with van der Waals surface area (Å²) >= 11 is 6.43. The molecule has 2 fully saturated rings. The molecule has 0 aromatic carbocycles. The molecule has 1 aliphatic heterocycles. The van der Waals surface area contributed by atoms with Crippen LogP contribution in [0, 0.1) is 17.8 Å². The SMILES string of the molecule is CCN(CCO)CC1CC(=O)OC2CC(C)C(Cl)CC12. The summed E-state index contributed by atoms with van der Waals surface area (Å²) in [6.07, 6.45) is 2.34. The number of ether oxygens (including phenoxy) is 1. The van der Waals surface area contributed by atoms with Gasteiger partial charge in [-0.3, -0.25) is 4.79 Å². The number of likely N-dealkylation sites (N-methyl/N-ethyl adjacent to an activating group) is 1. The van der Waals surface area contributed by atoms with E-state index in [0.29, 0.717) is 30.7 Å².